The maximum atomic E-state index is 12.5. The second-order valence-corrected chi connectivity index (χ2v) is 4.94. The van der Waals surface area contributed by atoms with E-state index in [1.54, 1.807) is 19.1 Å². The second kappa shape index (κ2) is 5.42. The number of aromatic nitrogens is 1. The van der Waals surface area contributed by atoms with Crippen LogP contribution in [-0.2, 0) is 6.18 Å². The molecule has 0 spiro atoms. The fraction of sp³-hybridized carbons (Fsp3) is 0.125. The molecule has 1 aromatic heterocycles. The fourth-order valence-electron chi connectivity index (χ4n) is 2.13. The zero-order chi connectivity index (χ0) is 16.6. The van der Waals surface area contributed by atoms with Gasteiger partial charge < -0.3 is 9.73 Å². The molecule has 0 saturated heterocycles. The number of nitrogens with one attached hydrogen (secondary N) is 1. The molecule has 0 fully saturated rings. The molecule has 1 heterocycles. The SMILES string of the molecule is Cc1nc2ccc(C(=O)Nc3ccc(C(F)(F)F)cc3)cc2o1. The number of halogens is 3. The summed E-state index contributed by atoms with van der Waals surface area (Å²) in [5.74, 6) is 0.0426. The Kier molecular flexibility index (Phi) is 3.55. The molecule has 0 atom stereocenters. The Hall–Kier alpha value is -2.83. The average Bonchev–Trinajstić information content (AvgIpc) is 2.85. The summed E-state index contributed by atoms with van der Waals surface area (Å²) in [4.78, 5) is 16.3. The molecule has 0 bridgehead atoms. The highest BCUT2D eigenvalue weighted by Crippen LogP contribution is 2.30. The van der Waals surface area contributed by atoms with Crippen molar-refractivity contribution in [1.82, 2.24) is 4.98 Å². The summed E-state index contributed by atoms with van der Waals surface area (Å²) >= 11 is 0. The van der Waals surface area contributed by atoms with Crippen LogP contribution in [0.3, 0.4) is 0 Å². The molecular formula is C16H11F3N2O2. The predicted molar refractivity (Wildman–Crippen MR) is 78.1 cm³/mol. The van der Waals surface area contributed by atoms with Crippen molar-refractivity contribution in [2.75, 3.05) is 5.32 Å². The molecule has 3 aromatic rings. The maximum Gasteiger partial charge on any atom is 0.416 e. The molecular weight excluding hydrogens is 309 g/mol. The number of hydrogen-bond acceptors (Lipinski definition) is 3. The predicted octanol–water partition coefficient (Wildman–Crippen LogP) is 4.41. The van der Waals surface area contributed by atoms with Gasteiger partial charge in [0, 0.05) is 18.2 Å². The van der Waals surface area contributed by atoms with Crippen molar-refractivity contribution in [3.8, 4) is 0 Å². The first-order chi connectivity index (χ1) is 10.8. The van der Waals surface area contributed by atoms with E-state index in [2.05, 4.69) is 10.3 Å². The standard InChI is InChI=1S/C16H11F3N2O2/c1-9-20-13-7-2-10(8-14(13)23-9)15(22)21-12-5-3-11(4-6-12)16(17,18)19/h2-8H,1H3,(H,21,22). The molecule has 0 aliphatic carbocycles. The van der Waals surface area contributed by atoms with Crippen LogP contribution in [0.5, 0.6) is 0 Å². The number of oxazole rings is 1. The number of hydrogen-bond donors (Lipinski definition) is 1. The maximum absolute atomic E-state index is 12.5. The second-order valence-electron chi connectivity index (χ2n) is 4.94. The van der Waals surface area contributed by atoms with Crippen molar-refractivity contribution in [2.24, 2.45) is 0 Å². The fourth-order valence-corrected chi connectivity index (χ4v) is 2.13. The lowest BCUT2D eigenvalue weighted by atomic mass is 10.1. The smallest absolute Gasteiger partial charge is 0.416 e. The van der Waals surface area contributed by atoms with Crippen LogP contribution in [0.4, 0.5) is 18.9 Å². The topological polar surface area (TPSA) is 55.1 Å². The lowest BCUT2D eigenvalue weighted by Crippen LogP contribution is -2.12. The minimum Gasteiger partial charge on any atom is -0.441 e. The third kappa shape index (κ3) is 3.18. The van der Waals surface area contributed by atoms with Gasteiger partial charge in [0.2, 0.25) is 0 Å². The summed E-state index contributed by atoms with van der Waals surface area (Å²) in [5.41, 5.74) is 0.940. The lowest BCUT2D eigenvalue weighted by molar-refractivity contribution is -0.137. The summed E-state index contributed by atoms with van der Waals surface area (Å²) < 4.78 is 42.8. The molecule has 1 amide bonds. The monoisotopic (exact) mass is 320 g/mol. The number of amides is 1. The van der Waals surface area contributed by atoms with E-state index in [-0.39, 0.29) is 5.69 Å². The van der Waals surface area contributed by atoms with Gasteiger partial charge in [-0.05, 0) is 42.5 Å². The van der Waals surface area contributed by atoms with E-state index < -0.39 is 17.6 Å². The molecule has 0 aliphatic heterocycles. The van der Waals surface area contributed by atoms with Crippen LogP contribution in [-0.4, -0.2) is 10.9 Å². The molecule has 3 rings (SSSR count). The number of benzene rings is 2. The van der Waals surface area contributed by atoms with Crippen LogP contribution in [0.25, 0.3) is 11.1 Å². The number of rotatable bonds is 2. The molecule has 118 valence electrons. The van der Waals surface area contributed by atoms with Gasteiger partial charge >= 0.3 is 6.18 Å². The van der Waals surface area contributed by atoms with Gasteiger partial charge in [0.1, 0.15) is 5.52 Å². The molecule has 23 heavy (non-hydrogen) atoms. The Morgan fingerprint density at radius 3 is 2.48 bits per heavy atom. The van der Waals surface area contributed by atoms with Crippen molar-refractivity contribution in [3.63, 3.8) is 0 Å². The van der Waals surface area contributed by atoms with E-state index in [1.807, 2.05) is 0 Å². The molecule has 0 unspecified atom stereocenters. The van der Waals surface area contributed by atoms with E-state index in [1.165, 1.54) is 18.2 Å². The van der Waals surface area contributed by atoms with E-state index in [0.29, 0.717) is 22.6 Å². The van der Waals surface area contributed by atoms with Crippen LogP contribution < -0.4 is 5.32 Å². The lowest BCUT2D eigenvalue weighted by Gasteiger charge is -2.08. The minimum absolute atomic E-state index is 0.275. The van der Waals surface area contributed by atoms with Crippen molar-refractivity contribution < 1.29 is 22.4 Å². The van der Waals surface area contributed by atoms with Gasteiger partial charge in [-0.3, -0.25) is 4.79 Å². The quantitative estimate of drug-likeness (QED) is 0.761. The van der Waals surface area contributed by atoms with Gasteiger partial charge in [0.15, 0.2) is 11.5 Å². The van der Waals surface area contributed by atoms with Crippen LogP contribution in [0.15, 0.2) is 46.9 Å². The van der Waals surface area contributed by atoms with Gasteiger partial charge in [-0.2, -0.15) is 13.2 Å². The van der Waals surface area contributed by atoms with E-state index >= 15 is 0 Å². The van der Waals surface area contributed by atoms with Crippen LogP contribution in [0.1, 0.15) is 21.8 Å². The van der Waals surface area contributed by atoms with Gasteiger partial charge in [-0.15, -0.1) is 0 Å². The summed E-state index contributed by atoms with van der Waals surface area (Å²) in [6.07, 6.45) is -4.41. The first-order valence-corrected chi connectivity index (χ1v) is 6.69. The number of carbonyl (C=O) groups excluding carboxylic acids is 1. The Bertz CT molecular complexity index is 867. The summed E-state index contributed by atoms with van der Waals surface area (Å²) in [7, 11) is 0. The third-order valence-corrected chi connectivity index (χ3v) is 3.23. The highest BCUT2D eigenvalue weighted by Gasteiger charge is 2.30. The third-order valence-electron chi connectivity index (χ3n) is 3.23. The normalized spacial score (nSPS) is 11.7. The molecule has 0 radical (unpaired) electrons. The van der Waals surface area contributed by atoms with E-state index in [4.69, 9.17) is 4.42 Å². The van der Waals surface area contributed by atoms with E-state index in [0.717, 1.165) is 12.1 Å². The van der Waals surface area contributed by atoms with Crippen molar-refractivity contribution in [1.29, 1.82) is 0 Å². The zero-order valence-corrected chi connectivity index (χ0v) is 11.9. The van der Waals surface area contributed by atoms with Crippen LogP contribution in [0.2, 0.25) is 0 Å². The largest absolute Gasteiger partial charge is 0.441 e. The zero-order valence-electron chi connectivity index (χ0n) is 11.9. The Morgan fingerprint density at radius 2 is 1.83 bits per heavy atom. The van der Waals surface area contributed by atoms with Crippen molar-refractivity contribution in [3.05, 3.63) is 59.5 Å². The van der Waals surface area contributed by atoms with Gasteiger partial charge in [0.05, 0.1) is 5.56 Å². The molecule has 4 nitrogen and oxygen atoms in total. The summed E-state index contributed by atoms with van der Waals surface area (Å²) in [6, 6.07) is 9.00. The molecule has 0 aliphatic rings. The Labute approximate surface area is 128 Å². The van der Waals surface area contributed by atoms with Gasteiger partial charge in [-0.1, -0.05) is 0 Å². The number of alkyl halides is 3. The van der Waals surface area contributed by atoms with Gasteiger partial charge in [-0.25, -0.2) is 4.98 Å². The summed E-state index contributed by atoms with van der Waals surface area (Å²) in [6.45, 7) is 1.70. The molecule has 0 saturated carbocycles. The summed E-state index contributed by atoms with van der Waals surface area (Å²) in [5, 5.41) is 2.54. The number of aryl methyl sites for hydroxylation is 1. The van der Waals surface area contributed by atoms with Gasteiger partial charge in [0.25, 0.3) is 5.91 Å². The van der Waals surface area contributed by atoms with Crippen molar-refractivity contribution >= 4 is 22.7 Å². The first-order valence-electron chi connectivity index (χ1n) is 6.69. The Balaban J connectivity index is 1.79. The molecule has 1 N–H and O–H groups in total. The molecule has 2 aromatic carbocycles. The highest BCUT2D eigenvalue weighted by atomic mass is 19.4. The Morgan fingerprint density at radius 1 is 1.13 bits per heavy atom. The van der Waals surface area contributed by atoms with E-state index in [9.17, 15) is 18.0 Å². The number of nitrogens with zero attached hydrogens (tertiary/aromatic N) is 1. The first kappa shape index (κ1) is 15.1. The number of carbonyl (C=O) groups is 1. The number of anilines is 1. The minimum atomic E-state index is -4.41. The average molecular weight is 320 g/mol. The van der Waals surface area contributed by atoms with Crippen LogP contribution >= 0.6 is 0 Å². The molecule has 7 heteroatoms. The van der Waals surface area contributed by atoms with Crippen molar-refractivity contribution in [2.45, 2.75) is 13.1 Å². The number of fused-ring (bicyclic) bond motifs is 1. The van der Waals surface area contributed by atoms with Crippen LogP contribution in [0, 0.1) is 6.92 Å². The highest BCUT2D eigenvalue weighted by molar-refractivity contribution is 6.05.